The molecule has 0 aliphatic carbocycles. The second-order valence-electron chi connectivity index (χ2n) is 3.36. The Balaban J connectivity index is 2.27. The Bertz CT molecular complexity index is 323. The van der Waals surface area contributed by atoms with Gasteiger partial charge in [0.15, 0.2) is 0 Å². The zero-order valence-electron chi connectivity index (χ0n) is 8.53. The fourth-order valence-corrected chi connectivity index (χ4v) is 1.59. The van der Waals surface area contributed by atoms with E-state index in [-0.39, 0.29) is 0 Å². The first-order chi connectivity index (χ1) is 6.79. The van der Waals surface area contributed by atoms with Crippen LogP contribution in [0.5, 0.6) is 6.01 Å². The Morgan fingerprint density at radius 3 is 2.50 bits per heavy atom. The summed E-state index contributed by atoms with van der Waals surface area (Å²) in [6, 6.07) is 0.402. The molecule has 1 fully saturated rings. The highest BCUT2D eigenvalue weighted by Crippen LogP contribution is 2.17. The van der Waals surface area contributed by atoms with Gasteiger partial charge in [0, 0.05) is 13.1 Å². The molecule has 76 valence electrons. The first-order valence-electron chi connectivity index (χ1n) is 4.81. The molecule has 5 heteroatoms. The topological polar surface area (TPSA) is 51.1 Å². The van der Waals surface area contributed by atoms with E-state index >= 15 is 0 Å². The highest BCUT2D eigenvalue weighted by atomic mass is 16.5. The molecule has 14 heavy (non-hydrogen) atoms. The summed E-state index contributed by atoms with van der Waals surface area (Å²) in [6.07, 6.45) is 2.43. The summed E-state index contributed by atoms with van der Waals surface area (Å²) in [7, 11) is 1.57. The largest absolute Gasteiger partial charge is 0.467 e. The lowest BCUT2D eigenvalue weighted by atomic mass is 10.4. The highest BCUT2D eigenvalue weighted by Gasteiger charge is 2.16. The second-order valence-corrected chi connectivity index (χ2v) is 3.36. The van der Waals surface area contributed by atoms with Crippen LogP contribution < -0.4 is 9.64 Å². The number of hydrogen-bond donors (Lipinski definition) is 0. The van der Waals surface area contributed by atoms with Gasteiger partial charge >= 0.3 is 6.01 Å². The third-order valence-electron chi connectivity index (χ3n) is 2.29. The lowest BCUT2D eigenvalue weighted by molar-refractivity contribution is 0.376. The van der Waals surface area contributed by atoms with Gasteiger partial charge in [0.1, 0.15) is 5.82 Å². The molecule has 0 N–H and O–H groups in total. The van der Waals surface area contributed by atoms with Crippen molar-refractivity contribution < 1.29 is 4.74 Å². The van der Waals surface area contributed by atoms with Gasteiger partial charge in [0.2, 0.25) is 5.95 Å². The van der Waals surface area contributed by atoms with Crippen LogP contribution in [0, 0.1) is 6.92 Å². The number of rotatable bonds is 2. The molecule has 1 aromatic heterocycles. The maximum atomic E-state index is 5.01. The van der Waals surface area contributed by atoms with Crippen LogP contribution in [0.2, 0.25) is 0 Å². The van der Waals surface area contributed by atoms with E-state index in [0.717, 1.165) is 19.0 Å². The van der Waals surface area contributed by atoms with Crippen molar-refractivity contribution in [2.24, 2.45) is 0 Å². The third kappa shape index (κ3) is 1.76. The Morgan fingerprint density at radius 2 is 1.86 bits per heavy atom. The molecular formula is C9H14N4O. The van der Waals surface area contributed by atoms with Crippen LogP contribution in [-0.2, 0) is 0 Å². The molecule has 5 nitrogen and oxygen atoms in total. The maximum Gasteiger partial charge on any atom is 0.321 e. The second kappa shape index (κ2) is 3.77. The monoisotopic (exact) mass is 194 g/mol. The molecule has 2 heterocycles. The van der Waals surface area contributed by atoms with Crippen LogP contribution in [0.3, 0.4) is 0 Å². The predicted molar refractivity (Wildman–Crippen MR) is 52.6 cm³/mol. The molecule has 1 aliphatic heterocycles. The van der Waals surface area contributed by atoms with Crippen LogP contribution in [-0.4, -0.2) is 35.2 Å². The molecule has 1 aromatic rings. The average Bonchev–Trinajstić information content (AvgIpc) is 2.69. The summed E-state index contributed by atoms with van der Waals surface area (Å²) < 4.78 is 5.01. The highest BCUT2D eigenvalue weighted by molar-refractivity contribution is 5.31. The van der Waals surface area contributed by atoms with Crippen molar-refractivity contribution in [3.05, 3.63) is 5.82 Å². The quantitative estimate of drug-likeness (QED) is 0.696. The van der Waals surface area contributed by atoms with E-state index in [1.807, 2.05) is 6.92 Å². The summed E-state index contributed by atoms with van der Waals surface area (Å²) in [5, 5.41) is 0. The van der Waals surface area contributed by atoms with E-state index in [9.17, 15) is 0 Å². The number of methoxy groups -OCH3 is 1. The number of aromatic nitrogens is 3. The standard InChI is InChI=1S/C9H14N4O/c1-7-10-8(12-9(11-7)14-2)13-5-3-4-6-13/h3-6H2,1-2H3. The minimum Gasteiger partial charge on any atom is -0.467 e. The van der Waals surface area contributed by atoms with Crippen molar-refractivity contribution in [3.8, 4) is 6.01 Å². The molecule has 0 bridgehead atoms. The average molecular weight is 194 g/mol. The Hall–Kier alpha value is -1.39. The first-order valence-corrected chi connectivity index (χ1v) is 4.81. The summed E-state index contributed by atoms with van der Waals surface area (Å²) in [5.74, 6) is 1.45. The fourth-order valence-electron chi connectivity index (χ4n) is 1.59. The van der Waals surface area contributed by atoms with E-state index in [1.165, 1.54) is 12.8 Å². The van der Waals surface area contributed by atoms with Crippen molar-refractivity contribution in [3.63, 3.8) is 0 Å². The molecular weight excluding hydrogens is 180 g/mol. The lowest BCUT2D eigenvalue weighted by Gasteiger charge is -2.15. The van der Waals surface area contributed by atoms with Gasteiger partial charge in [0.05, 0.1) is 7.11 Å². The molecule has 0 saturated carbocycles. The molecule has 0 amide bonds. The predicted octanol–water partition coefficient (Wildman–Crippen LogP) is 0.789. The van der Waals surface area contributed by atoms with Gasteiger partial charge in [-0.3, -0.25) is 0 Å². The SMILES string of the molecule is COc1nc(C)nc(N2CCCC2)n1. The molecule has 0 radical (unpaired) electrons. The number of ether oxygens (including phenoxy) is 1. The van der Waals surface area contributed by atoms with Crippen LogP contribution in [0.15, 0.2) is 0 Å². The molecule has 1 saturated heterocycles. The van der Waals surface area contributed by atoms with Crippen LogP contribution in [0.4, 0.5) is 5.95 Å². The van der Waals surface area contributed by atoms with E-state index in [0.29, 0.717) is 11.8 Å². The van der Waals surface area contributed by atoms with E-state index in [2.05, 4.69) is 19.9 Å². The van der Waals surface area contributed by atoms with Crippen molar-refractivity contribution in [1.29, 1.82) is 0 Å². The maximum absolute atomic E-state index is 5.01. The minimum absolute atomic E-state index is 0.402. The van der Waals surface area contributed by atoms with Gasteiger partial charge in [-0.1, -0.05) is 0 Å². The minimum atomic E-state index is 0.402. The molecule has 0 spiro atoms. The molecule has 1 aliphatic rings. The van der Waals surface area contributed by atoms with E-state index < -0.39 is 0 Å². The molecule has 0 atom stereocenters. The van der Waals surface area contributed by atoms with Crippen molar-refractivity contribution in [2.45, 2.75) is 19.8 Å². The number of aryl methyl sites for hydroxylation is 1. The molecule has 0 aromatic carbocycles. The van der Waals surface area contributed by atoms with Crippen LogP contribution in [0.1, 0.15) is 18.7 Å². The normalized spacial score (nSPS) is 16.0. The number of nitrogens with zero attached hydrogens (tertiary/aromatic N) is 4. The summed E-state index contributed by atoms with van der Waals surface area (Å²) in [5.41, 5.74) is 0. The Labute approximate surface area is 83.1 Å². The number of hydrogen-bond acceptors (Lipinski definition) is 5. The van der Waals surface area contributed by atoms with Gasteiger partial charge in [-0.2, -0.15) is 15.0 Å². The Kier molecular flexibility index (Phi) is 2.47. The fraction of sp³-hybridized carbons (Fsp3) is 0.667. The Morgan fingerprint density at radius 1 is 1.14 bits per heavy atom. The van der Waals surface area contributed by atoms with Crippen molar-refractivity contribution in [1.82, 2.24) is 15.0 Å². The van der Waals surface area contributed by atoms with E-state index in [1.54, 1.807) is 7.11 Å². The van der Waals surface area contributed by atoms with Crippen molar-refractivity contribution in [2.75, 3.05) is 25.1 Å². The van der Waals surface area contributed by atoms with Crippen LogP contribution in [0.25, 0.3) is 0 Å². The van der Waals surface area contributed by atoms with Gasteiger partial charge in [0.25, 0.3) is 0 Å². The molecule has 2 rings (SSSR count). The van der Waals surface area contributed by atoms with Gasteiger partial charge < -0.3 is 9.64 Å². The van der Waals surface area contributed by atoms with Gasteiger partial charge in [-0.05, 0) is 19.8 Å². The van der Waals surface area contributed by atoms with E-state index in [4.69, 9.17) is 4.74 Å². The zero-order valence-corrected chi connectivity index (χ0v) is 8.53. The first kappa shape index (κ1) is 9.18. The van der Waals surface area contributed by atoms with Gasteiger partial charge in [-0.15, -0.1) is 0 Å². The smallest absolute Gasteiger partial charge is 0.321 e. The van der Waals surface area contributed by atoms with Crippen LogP contribution >= 0.6 is 0 Å². The summed E-state index contributed by atoms with van der Waals surface area (Å²) >= 11 is 0. The summed E-state index contributed by atoms with van der Waals surface area (Å²) in [6.45, 7) is 3.92. The third-order valence-corrected chi connectivity index (χ3v) is 2.29. The molecule has 0 unspecified atom stereocenters. The number of anilines is 1. The summed E-state index contributed by atoms with van der Waals surface area (Å²) in [4.78, 5) is 14.7. The zero-order chi connectivity index (χ0) is 9.97. The van der Waals surface area contributed by atoms with Crippen molar-refractivity contribution >= 4 is 5.95 Å². The lowest BCUT2D eigenvalue weighted by Crippen LogP contribution is -2.21. The van der Waals surface area contributed by atoms with Gasteiger partial charge in [-0.25, -0.2) is 0 Å².